The van der Waals surface area contributed by atoms with Crippen LogP contribution in [-0.2, 0) is 11.0 Å². The van der Waals surface area contributed by atoms with Crippen LogP contribution in [0.4, 0.5) is 13.2 Å². The number of likely N-dealkylation sites (tertiary alicyclic amines) is 1. The van der Waals surface area contributed by atoms with E-state index in [1.807, 2.05) is 4.90 Å². The van der Waals surface area contributed by atoms with E-state index in [1.165, 1.54) is 24.3 Å². The van der Waals surface area contributed by atoms with Gasteiger partial charge in [0.15, 0.2) is 5.69 Å². The molecule has 0 unspecified atom stereocenters. The molecule has 3 N–H and O–H groups in total. The Balaban J connectivity index is 1.78. The lowest BCUT2D eigenvalue weighted by molar-refractivity contribution is -0.143. The summed E-state index contributed by atoms with van der Waals surface area (Å²) in [6.07, 6.45) is -2.89. The summed E-state index contributed by atoms with van der Waals surface area (Å²) in [7, 11) is 0. The summed E-state index contributed by atoms with van der Waals surface area (Å²) >= 11 is 5.87. The van der Waals surface area contributed by atoms with Crippen LogP contribution in [0.25, 0.3) is 5.69 Å². The van der Waals surface area contributed by atoms with Crippen LogP contribution in [0.2, 0.25) is 5.02 Å². The average Bonchev–Trinajstić information content (AvgIpc) is 3.09. The van der Waals surface area contributed by atoms with Gasteiger partial charge in [-0.15, -0.1) is 0 Å². The Morgan fingerprint density at radius 1 is 1.28 bits per heavy atom. The average molecular weight is 430 g/mol. The molecule has 2 heterocycles. The summed E-state index contributed by atoms with van der Waals surface area (Å²) in [6, 6.07) is 5.48. The number of nitrogens with two attached hydrogens (primary N) is 1. The standard InChI is InChI=1S/C18H19ClF3N5O2/c19-11-2-1-3-13(8-11)27-16(18(20,21)22)14(9-24-27)17(29)25-12-4-6-26(7-5-12)10-15(23)28/h1-3,8-9,12H,4-7,10H2,(H2,23,28)(H,25,29). The number of nitrogens with one attached hydrogen (secondary N) is 1. The molecule has 11 heteroatoms. The summed E-state index contributed by atoms with van der Waals surface area (Å²) in [5.41, 5.74) is 3.54. The van der Waals surface area contributed by atoms with Gasteiger partial charge in [-0.25, -0.2) is 4.68 Å². The highest BCUT2D eigenvalue weighted by molar-refractivity contribution is 6.30. The number of piperidine rings is 1. The van der Waals surface area contributed by atoms with Crippen molar-refractivity contribution < 1.29 is 22.8 Å². The minimum Gasteiger partial charge on any atom is -0.369 e. The second kappa shape index (κ2) is 8.42. The van der Waals surface area contributed by atoms with E-state index in [9.17, 15) is 22.8 Å². The van der Waals surface area contributed by atoms with Crippen molar-refractivity contribution in [3.8, 4) is 5.69 Å². The van der Waals surface area contributed by atoms with Crippen LogP contribution in [0.15, 0.2) is 30.5 Å². The number of amides is 2. The number of halogens is 4. The predicted octanol–water partition coefficient (Wildman–Crippen LogP) is 2.22. The third-order valence-electron chi connectivity index (χ3n) is 4.64. The van der Waals surface area contributed by atoms with E-state index >= 15 is 0 Å². The lowest BCUT2D eigenvalue weighted by atomic mass is 10.0. The monoisotopic (exact) mass is 429 g/mol. The van der Waals surface area contributed by atoms with Gasteiger partial charge in [-0.1, -0.05) is 17.7 Å². The normalized spacial score (nSPS) is 16.0. The number of aromatic nitrogens is 2. The zero-order valence-corrected chi connectivity index (χ0v) is 16.0. The molecule has 0 saturated carbocycles. The topological polar surface area (TPSA) is 93.2 Å². The number of nitrogens with zero attached hydrogens (tertiary/aromatic N) is 3. The fraction of sp³-hybridized carbons (Fsp3) is 0.389. The maximum absolute atomic E-state index is 13.7. The maximum atomic E-state index is 13.7. The molecular weight excluding hydrogens is 411 g/mol. The van der Waals surface area contributed by atoms with Crippen LogP contribution in [-0.4, -0.2) is 52.2 Å². The number of alkyl halides is 3. The van der Waals surface area contributed by atoms with E-state index in [2.05, 4.69) is 10.4 Å². The molecule has 156 valence electrons. The Morgan fingerprint density at radius 3 is 2.55 bits per heavy atom. The van der Waals surface area contributed by atoms with Crippen molar-refractivity contribution in [2.45, 2.75) is 25.1 Å². The first-order valence-electron chi connectivity index (χ1n) is 8.88. The van der Waals surface area contributed by atoms with Crippen molar-refractivity contribution in [3.05, 3.63) is 46.7 Å². The van der Waals surface area contributed by atoms with Crippen LogP contribution in [0.3, 0.4) is 0 Å². The molecule has 29 heavy (non-hydrogen) atoms. The molecule has 0 bridgehead atoms. The van der Waals surface area contributed by atoms with Crippen LogP contribution >= 0.6 is 11.6 Å². The van der Waals surface area contributed by atoms with Gasteiger partial charge in [0.05, 0.1) is 24.0 Å². The van der Waals surface area contributed by atoms with Crippen LogP contribution in [0, 0.1) is 0 Å². The number of hydrogen-bond donors (Lipinski definition) is 2. The van der Waals surface area contributed by atoms with Crippen LogP contribution in [0.1, 0.15) is 28.9 Å². The Morgan fingerprint density at radius 2 is 1.97 bits per heavy atom. The Kier molecular flexibility index (Phi) is 6.13. The minimum atomic E-state index is -4.80. The Bertz CT molecular complexity index is 907. The quantitative estimate of drug-likeness (QED) is 0.762. The summed E-state index contributed by atoms with van der Waals surface area (Å²) in [4.78, 5) is 25.4. The van der Waals surface area contributed by atoms with Crippen LogP contribution in [0.5, 0.6) is 0 Å². The Labute approximate surface area is 169 Å². The van der Waals surface area contributed by atoms with Gasteiger partial charge < -0.3 is 11.1 Å². The lowest BCUT2D eigenvalue weighted by Crippen LogP contribution is -2.46. The highest BCUT2D eigenvalue weighted by Crippen LogP contribution is 2.34. The third-order valence-corrected chi connectivity index (χ3v) is 4.87. The smallest absolute Gasteiger partial charge is 0.369 e. The molecule has 3 rings (SSSR count). The van der Waals surface area contributed by atoms with Gasteiger partial charge in [0.25, 0.3) is 5.91 Å². The number of rotatable bonds is 5. The van der Waals surface area contributed by atoms with Gasteiger partial charge >= 0.3 is 6.18 Å². The highest BCUT2D eigenvalue weighted by Gasteiger charge is 2.41. The molecule has 0 atom stereocenters. The van der Waals surface area contributed by atoms with E-state index in [0.717, 1.165) is 6.20 Å². The first-order valence-corrected chi connectivity index (χ1v) is 9.25. The molecule has 1 aliphatic rings. The number of benzene rings is 1. The predicted molar refractivity (Wildman–Crippen MR) is 99.7 cm³/mol. The fourth-order valence-corrected chi connectivity index (χ4v) is 3.49. The molecule has 2 aromatic rings. The van der Waals surface area contributed by atoms with Gasteiger partial charge in [0.1, 0.15) is 0 Å². The van der Waals surface area contributed by atoms with Crippen molar-refractivity contribution in [3.63, 3.8) is 0 Å². The van der Waals surface area contributed by atoms with Crippen molar-refractivity contribution >= 4 is 23.4 Å². The molecule has 0 radical (unpaired) electrons. The fourth-order valence-electron chi connectivity index (χ4n) is 3.31. The summed E-state index contributed by atoms with van der Waals surface area (Å²) in [6.45, 7) is 1.15. The third kappa shape index (κ3) is 5.07. The second-order valence-corrected chi connectivity index (χ2v) is 7.22. The molecule has 0 spiro atoms. The SMILES string of the molecule is NC(=O)CN1CCC(NC(=O)c2cnn(-c3cccc(Cl)c3)c2C(F)(F)F)CC1. The molecule has 1 aromatic heterocycles. The van der Waals surface area contributed by atoms with Crippen LogP contribution < -0.4 is 11.1 Å². The van der Waals surface area contributed by atoms with Gasteiger partial charge in [0, 0.05) is 24.2 Å². The molecule has 0 aliphatic carbocycles. The van der Waals surface area contributed by atoms with Gasteiger partial charge in [-0.2, -0.15) is 18.3 Å². The maximum Gasteiger partial charge on any atom is 0.434 e. The van der Waals surface area contributed by atoms with Crippen molar-refractivity contribution in [2.75, 3.05) is 19.6 Å². The first-order chi connectivity index (χ1) is 13.6. The summed E-state index contributed by atoms with van der Waals surface area (Å²) < 4.78 is 41.8. The highest BCUT2D eigenvalue weighted by atomic mass is 35.5. The molecule has 7 nitrogen and oxygen atoms in total. The van der Waals surface area contributed by atoms with Gasteiger partial charge in [-0.3, -0.25) is 14.5 Å². The molecule has 1 aliphatic heterocycles. The second-order valence-electron chi connectivity index (χ2n) is 6.79. The molecule has 1 saturated heterocycles. The van der Waals surface area contributed by atoms with Crippen molar-refractivity contribution in [1.29, 1.82) is 0 Å². The van der Waals surface area contributed by atoms with Gasteiger partial charge in [0.2, 0.25) is 5.91 Å². The van der Waals surface area contributed by atoms with E-state index in [-0.39, 0.29) is 23.3 Å². The molecule has 2 amide bonds. The number of hydrogen-bond acceptors (Lipinski definition) is 4. The molecule has 1 aromatic carbocycles. The molecular formula is C18H19ClF3N5O2. The summed E-state index contributed by atoms with van der Waals surface area (Å²) in [5.74, 6) is -1.30. The number of primary amides is 1. The lowest BCUT2D eigenvalue weighted by Gasteiger charge is -2.31. The van der Waals surface area contributed by atoms with E-state index < -0.39 is 29.2 Å². The van der Waals surface area contributed by atoms with Crippen molar-refractivity contribution in [1.82, 2.24) is 20.0 Å². The van der Waals surface area contributed by atoms with E-state index in [4.69, 9.17) is 17.3 Å². The summed E-state index contributed by atoms with van der Waals surface area (Å²) in [5, 5.41) is 6.66. The number of carbonyl (C=O) groups excluding carboxylic acids is 2. The van der Waals surface area contributed by atoms with E-state index in [1.54, 1.807) is 0 Å². The zero-order valence-electron chi connectivity index (χ0n) is 15.2. The zero-order chi connectivity index (χ0) is 21.2. The largest absolute Gasteiger partial charge is 0.434 e. The minimum absolute atomic E-state index is 0.101. The Hall–Kier alpha value is -2.59. The number of carbonyl (C=O) groups is 2. The van der Waals surface area contributed by atoms with Gasteiger partial charge in [-0.05, 0) is 31.0 Å². The molecule has 1 fully saturated rings. The first kappa shape index (κ1) is 21.1. The van der Waals surface area contributed by atoms with Crippen molar-refractivity contribution in [2.24, 2.45) is 5.73 Å². The van der Waals surface area contributed by atoms with E-state index in [0.29, 0.717) is 30.6 Å².